The zero-order valence-corrected chi connectivity index (χ0v) is 42.8. The number of sulfone groups is 1. The number of carbonyl (C=O) groups excluding carboxylic acids is 6. The number of halogens is 2. The molecule has 2 fully saturated rings. The van der Waals surface area contributed by atoms with E-state index in [1.807, 2.05) is 44.2 Å². The molecule has 0 aromatic heterocycles. The van der Waals surface area contributed by atoms with Gasteiger partial charge in [-0.3, -0.25) is 39.0 Å². The number of hydrogen-bond donors (Lipinski definition) is 3. The fourth-order valence-electron chi connectivity index (χ4n) is 9.36. The van der Waals surface area contributed by atoms with Gasteiger partial charge in [-0.25, -0.2) is 8.42 Å². The summed E-state index contributed by atoms with van der Waals surface area (Å²) in [7, 11) is -3.60. The molecule has 0 saturated carbocycles. The van der Waals surface area contributed by atoms with Crippen molar-refractivity contribution in [1.82, 2.24) is 20.4 Å². The predicted molar refractivity (Wildman–Crippen MR) is 266 cm³/mol. The molecule has 70 heavy (non-hydrogen) atoms. The molecular formula is C51H65Cl2N5O11S. The molecule has 6 rings (SSSR count). The van der Waals surface area contributed by atoms with Crippen LogP contribution in [0.2, 0.25) is 10.0 Å². The van der Waals surface area contributed by atoms with Gasteiger partial charge in [0.05, 0.1) is 60.0 Å². The van der Waals surface area contributed by atoms with Crippen molar-refractivity contribution in [3.8, 4) is 0 Å². The first-order valence-corrected chi connectivity index (χ1v) is 26.4. The van der Waals surface area contributed by atoms with E-state index in [2.05, 4.69) is 16.0 Å². The minimum absolute atomic E-state index is 0.0481. The van der Waals surface area contributed by atoms with E-state index < -0.39 is 62.3 Å². The first-order valence-electron chi connectivity index (χ1n) is 24.0. The molecule has 3 aromatic carbocycles. The molecule has 2 saturated heterocycles. The van der Waals surface area contributed by atoms with Gasteiger partial charge in [0.15, 0.2) is 9.84 Å². The van der Waals surface area contributed by atoms with Crippen LogP contribution < -0.4 is 16.0 Å². The summed E-state index contributed by atoms with van der Waals surface area (Å²) in [5.41, 5.74) is 1.40. The molecule has 3 aliphatic rings. The summed E-state index contributed by atoms with van der Waals surface area (Å²) in [5, 5.41) is 8.77. The van der Waals surface area contributed by atoms with Gasteiger partial charge in [0.25, 0.3) is 11.8 Å². The van der Waals surface area contributed by atoms with E-state index >= 15 is 4.79 Å². The number of amides is 6. The largest absolute Gasteiger partial charge is 0.384 e. The van der Waals surface area contributed by atoms with E-state index in [1.54, 1.807) is 62.1 Å². The maximum atomic E-state index is 15.1. The van der Waals surface area contributed by atoms with Crippen molar-refractivity contribution in [2.45, 2.75) is 102 Å². The van der Waals surface area contributed by atoms with Crippen molar-refractivity contribution in [1.29, 1.82) is 0 Å². The number of likely N-dealkylation sites (tertiary alicyclic amines) is 1. The zero-order chi connectivity index (χ0) is 50.8. The number of nitrogens with one attached hydrogen (secondary N) is 3. The van der Waals surface area contributed by atoms with Gasteiger partial charge in [-0.15, -0.1) is 0 Å². The lowest BCUT2D eigenvalue weighted by atomic mass is 9.66. The Morgan fingerprint density at radius 1 is 0.814 bits per heavy atom. The maximum absolute atomic E-state index is 15.1. The summed E-state index contributed by atoms with van der Waals surface area (Å²) in [4.78, 5) is 81.8. The minimum atomic E-state index is -3.60. The molecular weight excluding hydrogens is 962 g/mol. The Hall–Kier alpha value is -4.91. The molecule has 16 nitrogen and oxygen atoms in total. The molecule has 6 amide bonds. The Morgan fingerprint density at radius 3 is 2.09 bits per heavy atom. The summed E-state index contributed by atoms with van der Waals surface area (Å²) < 4.78 is 44.2. The molecule has 2 unspecified atom stereocenters. The Morgan fingerprint density at radius 2 is 1.46 bits per heavy atom. The maximum Gasteiger partial charge on any atom is 0.264 e. The SMILES string of the molecule is CC(C)C(CS(=O)(=O)C(C)C)N1C(=O)[C@@](C)(CC(=O)NCCCOCCOCCOCCCNc2cccc3c2C(=O)N(C2CCC(=O)NC2=O)C3=O)C[C@H](c2cccc(Cl)c2)[C@H]1c1ccc(Cl)cc1. The first-order chi connectivity index (χ1) is 33.3. The number of ether oxygens (including phenoxy) is 3. The van der Waals surface area contributed by atoms with Crippen LogP contribution in [0.15, 0.2) is 66.7 Å². The molecule has 0 radical (unpaired) electrons. The van der Waals surface area contributed by atoms with Crippen LogP contribution in [0.1, 0.15) is 117 Å². The smallest absolute Gasteiger partial charge is 0.264 e. The number of benzene rings is 3. The van der Waals surface area contributed by atoms with Crippen molar-refractivity contribution in [3.63, 3.8) is 0 Å². The van der Waals surface area contributed by atoms with E-state index in [4.69, 9.17) is 37.4 Å². The molecule has 5 atom stereocenters. The molecule has 0 aliphatic carbocycles. The van der Waals surface area contributed by atoms with Gasteiger partial charge >= 0.3 is 0 Å². The van der Waals surface area contributed by atoms with E-state index in [-0.39, 0.29) is 59.8 Å². The fourth-order valence-corrected chi connectivity index (χ4v) is 11.1. The Kier molecular flexibility index (Phi) is 19.0. The molecule has 380 valence electrons. The number of hydrogen-bond acceptors (Lipinski definition) is 12. The minimum Gasteiger partial charge on any atom is -0.384 e. The van der Waals surface area contributed by atoms with Crippen LogP contribution in [0.5, 0.6) is 0 Å². The third-order valence-electron chi connectivity index (χ3n) is 13.2. The highest BCUT2D eigenvalue weighted by Crippen LogP contribution is 2.52. The quantitative estimate of drug-likeness (QED) is 0.0595. The van der Waals surface area contributed by atoms with Crippen molar-refractivity contribution in [2.24, 2.45) is 11.3 Å². The van der Waals surface area contributed by atoms with Crippen molar-refractivity contribution in [2.75, 3.05) is 63.8 Å². The first kappa shape index (κ1) is 54.4. The summed E-state index contributed by atoms with van der Waals surface area (Å²) in [6.45, 7) is 11.9. The number of nitrogens with zero attached hydrogens (tertiary/aromatic N) is 2. The molecule has 3 aliphatic heterocycles. The van der Waals surface area contributed by atoms with Crippen molar-refractivity contribution < 1.29 is 51.4 Å². The number of fused-ring (bicyclic) bond motifs is 1. The Bertz CT molecular complexity index is 2490. The number of carbonyl (C=O) groups is 6. The molecule has 0 bridgehead atoms. The summed E-state index contributed by atoms with van der Waals surface area (Å²) in [5.74, 6) is -3.60. The highest BCUT2D eigenvalue weighted by molar-refractivity contribution is 7.92. The zero-order valence-electron chi connectivity index (χ0n) is 40.5. The van der Waals surface area contributed by atoms with E-state index in [1.165, 1.54) is 0 Å². The molecule has 19 heteroatoms. The molecule has 3 aromatic rings. The van der Waals surface area contributed by atoms with Crippen LogP contribution in [-0.2, 0) is 43.2 Å². The van der Waals surface area contributed by atoms with E-state index in [0.717, 1.165) is 16.0 Å². The van der Waals surface area contributed by atoms with Crippen LogP contribution in [0.25, 0.3) is 0 Å². The summed E-state index contributed by atoms with van der Waals surface area (Å²) in [6.07, 6.45) is 1.48. The van der Waals surface area contributed by atoms with Gasteiger partial charge in [0.2, 0.25) is 23.6 Å². The number of imide groups is 2. The second-order valence-corrected chi connectivity index (χ2v) is 22.5. The lowest BCUT2D eigenvalue weighted by molar-refractivity contribution is -0.158. The Labute approximate surface area is 420 Å². The van der Waals surface area contributed by atoms with Gasteiger partial charge in [-0.05, 0) is 93.0 Å². The average Bonchev–Trinajstić information content (AvgIpc) is 3.56. The highest BCUT2D eigenvalue weighted by atomic mass is 35.5. The number of anilines is 1. The van der Waals surface area contributed by atoms with Crippen LogP contribution >= 0.6 is 23.2 Å². The third kappa shape index (κ3) is 13.3. The van der Waals surface area contributed by atoms with Crippen molar-refractivity contribution >= 4 is 74.2 Å². The molecule has 0 spiro atoms. The normalized spacial score (nSPS) is 21.1. The van der Waals surface area contributed by atoms with Gasteiger partial charge in [-0.2, -0.15) is 0 Å². The van der Waals surface area contributed by atoms with Gasteiger partial charge in [-0.1, -0.05) is 74.3 Å². The van der Waals surface area contributed by atoms with Gasteiger partial charge < -0.3 is 29.7 Å². The number of piperidine rings is 2. The van der Waals surface area contributed by atoms with Crippen LogP contribution in [0.4, 0.5) is 5.69 Å². The number of rotatable bonds is 25. The standard InChI is InChI=1S/C51H65Cl2N5O11S/c1-32(2)42(31-70(65,66)33(3)4)57-46(34-14-16-36(52)17-15-34)39(35-10-6-11-37(53)28-35)29-51(5,50(57)64)30-44(60)55-21-9-23-68-25-27-69-26-24-67-22-8-20-54-40-13-7-12-38-45(40)49(63)58(48(38)62)41-18-19-43(59)56-47(41)61/h6-7,10-17,28,32-33,39,41-42,46,54H,8-9,18-27,29-31H2,1-5H3,(H,55,60)(H,56,59,61)/t39-,41?,42?,46-,51-/m1/s1. The fraction of sp³-hybridized carbons (Fsp3) is 0.529. The van der Waals surface area contributed by atoms with E-state index in [9.17, 15) is 32.4 Å². The Balaban J connectivity index is 0.921. The third-order valence-corrected chi connectivity index (χ3v) is 15.9. The van der Waals surface area contributed by atoms with Crippen LogP contribution in [0.3, 0.4) is 0 Å². The predicted octanol–water partition coefficient (Wildman–Crippen LogP) is 6.75. The summed E-state index contributed by atoms with van der Waals surface area (Å²) >= 11 is 12.9. The second-order valence-electron chi connectivity index (χ2n) is 19.0. The van der Waals surface area contributed by atoms with Gasteiger partial charge in [0, 0.05) is 66.8 Å². The lowest BCUT2D eigenvalue weighted by Crippen LogP contribution is -2.59. The van der Waals surface area contributed by atoms with Crippen molar-refractivity contribution in [3.05, 3.63) is 99.0 Å². The topological polar surface area (TPSA) is 207 Å². The van der Waals surface area contributed by atoms with Gasteiger partial charge in [0.1, 0.15) is 6.04 Å². The van der Waals surface area contributed by atoms with E-state index in [0.29, 0.717) is 87.7 Å². The average molecular weight is 1030 g/mol. The lowest BCUT2D eigenvalue weighted by Gasteiger charge is -2.53. The van der Waals surface area contributed by atoms with Crippen LogP contribution in [-0.4, -0.2) is 129 Å². The highest BCUT2D eigenvalue weighted by Gasteiger charge is 2.53. The molecule has 3 N–H and O–H groups in total. The van der Waals surface area contributed by atoms with Crippen LogP contribution in [0, 0.1) is 11.3 Å². The summed E-state index contributed by atoms with van der Waals surface area (Å²) in [6, 6.07) is 17.4. The monoisotopic (exact) mass is 1030 g/mol. The second kappa shape index (κ2) is 24.5. The molecule has 3 heterocycles.